The van der Waals surface area contributed by atoms with E-state index in [0.29, 0.717) is 6.07 Å². The molecule has 0 saturated heterocycles. The molecule has 4 nitrogen and oxygen atoms in total. The van der Waals surface area contributed by atoms with Gasteiger partial charge < -0.3 is 9.47 Å². The summed E-state index contributed by atoms with van der Waals surface area (Å²) in [4.78, 5) is 13.3. The van der Waals surface area contributed by atoms with Crippen molar-refractivity contribution in [1.29, 1.82) is 0 Å². The predicted octanol–water partition coefficient (Wildman–Crippen LogP) is 2.82. The Balaban J connectivity index is 3.41. The number of aromatic nitrogens is 1. The molecule has 1 aromatic rings. The average molecular weight is 289 g/mol. The molecule has 1 aromatic heterocycles. The van der Waals surface area contributed by atoms with Gasteiger partial charge in [-0.1, -0.05) is 0 Å². The first-order valence-electron chi connectivity index (χ1n) is 4.45. The molecule has 0 amide bonds. The molecular formula is C9H5F6NO3. The Morgan fingerprint density at radius 1 is 1.21 bits per heavy atom. The van der Waals surface area contributed by atoms with Crippen molar-refractivity contribution in [2.24, 2.45) is 0 Å². The first kappa shape index (κ1) is 15.1. The quantitative estimate of drug-likeness (QED) is 0.634. The second kappa shape index (κ2) is 4.94. The van der Waals surface area contributed by atoms with Gasteiger partial charge in [-0.2, -0.15) is 13.2 Å². The Bertz CT molecular complexity index is 482. The highest BCUT2D eigenvalue weighted by molar-refractivity contribution is 5.76. The second-order valence-corrected chi connectivity index (χ2v) is 3.09. The largest absolute Gasteiger partial charge is 0.574 e. The molecule has 0 aliphatic rings. The van der Waals surface area contributed by atoms with Gasteiger partial charge in [0.15, 0.2) is 6.29 Å². The van der Waals surface area contributed by atoms with Crippen LogP contribution < -0.4 is 9.47 Å². The van der Waals surface area contributed by atoms with Gasteiger partial charge in [0.25, 0.3) is 0 Å². The van der Waals surface area contributed by atoms with E-state index in [1.165, 1.54) is 0 Å². The van der Waals surface area contributed by atoms with E-state index in [1.807, 2.05) is 0 Å². The molecule has 0 aliphatic carbocycles. The SMILES string of the molecule is COc1cc(OC(F)(F)F)nc(C=O)c1C(F)(F)F. The van der Waals surface area contributed by atoms with Crippen molar-refractivity contribution in [2.45, 2.75) is 12.5 Å². The molecule has 1 rings (SSSR count). The van der Waals surface area contributed by atoms with Crippen LogP contribution in [0, 0.1) is 0 Å². The van der Waals surface area contributed by atoms with Gasteiger partial charge >= 0.3 is 12.5 Å². The van der Waals surface area contributed by atoms with Gasteiger partial charge in [-0.05, 0) is 0 Å². The number of carbonyl (C=O) groups is 1. The van der Waals surface area contributed by atoms with Crippen molar-refractivity contribution in [3.63, 3.8) is 0 Å². The van der Waals surface area contributed by atoms with Crippen LogP contribution in [-0.4, -0.2) is 24.7 Å². The summed E-state index contributed by atoms with van der Waals surface area (Å²) in [7, 11) is 0.802. The minimum atomic E-state index is -5.15. The fraction of sp³-hybridized carbons (Fsp3) is 0.333. The zero-order chi connectivity index (χ0) is 14.8. The molecule has 0 saturated carbocycles. The van der Waals surface area contributed by atoms with Crippen LogP contribution in [0.3, 0.4) is 0 Å². The van der Waals surface area contributed by atoms with Crippen LogP contribution in [-0.2, 0) is 6.18 Å². The number of hydrogen-bond donors (Lipinski definition) is 0. The summed E-state index contributed by atoms with van der Waals surface area (Å²) in [6.45, 7) is 0. The van der Waals surface area contributed by atoms with Crippen LogP contribution in [0.1, 0.15) is 16.1 Å². The molecule has 0 bridgehead atoms. The highest BCUT2D eigenvalue weighted by Gasteiger charge is 2.40. The fourth-order valence-electron chi connectivity index (χ4n) is 1.22. The summed E-state index contributed by atoms with van der Waals surface area (Å²) >= 11 is 0. The van der Waals surface area contributed by atoms with Crippen LogP contribution in [0.25, 0.3) is 0 Å². The molecule has 10 heteroatoms. The fourth-order valence-corrected chi connectivity index (χ4v) is 1.22. The normalized spacial score (nSPS) is 12.2. The minimum Gasteiger partial charge on any atom is -0.496 e. The monoisotopic (exact) mass is 289 g/mol. The lowest BCUT2D eigenvalue weighted by atomic mass is 10.1. The van der Waals surface area contributed by atoms with Gasteiger partial charge in [0.2, 0.25) is 5.88 Å². The highest BCUT2D eigenvalue weighted by Crippen LogP contribution is 2.39. The molecule has 0 spiro atoms. The van der Waals surface area contributed by atoms with E-state index in [9.17, 15) is 31.1 Å². The van der Waals surface area contributed by atoms with E-state index in [0.717, 1.165) is 7.11 Å². The summed E-state index contributed by atoms with van der Waals surface area (Å²) < 4.78 is 81.3. The summed E-state index contributed by atoms with van der Waals surface area (Å²) in [5.41, 5.74) is -2.83. The minimum absolute atomic E-state index is 0.295. The lowest BCUT2D eigenvalue weighted by Gasteiger charge is -2.15. The van der Waals surface area contributed by atoms with Crippen molar-refractivity contribution in [1.82, 2.24) is 4.98 Å². The van der Waals surface area contributed by atoms with Crippen LogP contribution in [0.2, 0.25) is 0 Å². The number of methoxy groups -OCH3 is 1. The number of halogens is 6. The van der Waals surface area contributed by atoms with Crippen LogP contribution >= 0.6 is 0 Å². The van der Waals surface area contributed by atoms with Crippen molar-refractivity contribution < 1.29 is 40.6 Å². The second-order valence-electron chi connectivity index (χ2n) is 3.09. The van der Waals surface area contributed by atoms with E-state index < -0.39 is 35.4 Å². The Kier molecular flexibility index (Phi) is 3.91. The predicted molar refractivity (Wildman–Crippen MR) is 47.9 cm³/mol. The maximum atomic E-state index is 12.6. The van der Waals surface area contributed by atoms with Crippen LogP contribution in [0.15, 0.2) is 6.07 Å². The van der Waals surface area contributed by atoms with E-state index in [4.69, 9.17) is 0 Å². The average Bonchev–Trinajstić information content (AvgIpc) is 2.23. The molecule has 106 valence electrons. The van der Waals surface area contributed by atoms with E-state index in [-0.39, 0.29) is 6.29 Å². The first-order chi connectivity index (χ1) is 8.58. The number of ether oxygens (including phenoxy) is 2. The maximum absolute atomic E-state index is 12.6. The van der Waals surface area contributed by atoms with Crippen molar-refractivity contribution in [3.8, 4) is 11.6 Å². The smallest absolute Gasteiger partial charge is 0.496 e. The molecule has 19 heavy (non-hydrogen) atoms. The summed E-state index contributed by atoms with van der Waals surface area (Å²) in [6.07, 6.45) is -10.5. The zero-order valence-electron chi connectivity index (χ0n) is 9.09. The maximum Gasteiger partial charge on any atom is 0.574 e. The van der Waals surface area contributed by atoms with E-state index >= 15 is 0 Å². The summed E-state index contributed by atoms with van der Waals surface area (Å²) in [6, 6.07) is 0.295. The summed E-state index contributed by atoms with van der Waals surface area (Å²) in [5.74, 6) is -2.22. The third kappa shape index (κ3) is 3.73. The van der Waals surface area contributed by atoms with E-state index in [2.05, 4.69) is 14.5 Å². The van der Waals surface area contributed by atoms with E-state index in [1.54, 1.807) is 0 Å². The van der Waals surface area contributed by atoms with Crippen molar-refractivity contribution in [3.05, 3.63) is 17.3 Å². The van der Waals surface area contributed by atoms with Crippen molar-refractivity contribution in [2.75, 3.05) is 7.11 Å². The molecule has 1 heterocycles. The number of hydrogen-bond acceptors (Lipinski definition) is 4. The Morgan fingerprint density at radius 2 is 1.79 bits per heavy atom. The molecule has 0 aliphatic heterocycles. The van der Waals surface area contributed by atoms with Gasteiger partial charge in [0.1, 0.15) is 17.0 Å². The van der Waals surface area contributed by atoms with Gasteiger partial charge in [-0.15, -0.1) is 13.2 Å². The Morgan fingerprint density at radius 3 is 2.16 bits per heavy atom. The number of alkyl halides is 6. The highest BCUT2D eigenvalue weighted by atomic mass is 19.4. The van der Waals surface area contributed by atoms with Crippen LogP contribution in [0.4, 0.5) is 26.3 Å². The lowest BCUT2D eigenvalue weighted by Crippen LogP contribution is -2.20. The lowest BCUT2D eigenvalue weighted by molar-refractivity contribution is -0.276. The molecule has 0 aromatic carbocycles. The zero-order valence-corrected chi connectivity index (χ0v) is 9.09. The summed E-state index contributed by atoms with van der Waals surface area (Å²) in [5, 5.41) is 0. The van der Waals surface area contributed by atoms with Gasteiger partial charge in [-0.3, -0.25) is 4.79 Å². The molecule has 0 N–H and O–H groups in total. The van der Waals surface area contributed by atoms with Gasteiger partial charge in [0, 0.05) is 6.07 Å². The standard InChI is InChI=1S/C9H5F6NO3/c1-18-5-2-6(19-9(13,14)15)16-4(3-17)7(5)8(10,11)12/h2-3H,1H3. The molecule has 0 unspecified atom stereocenters. The third-order valence-corrected chi connectivity index (χ3v) is 1.82. The number of carbonyl (C=O) groups excluding carboxylic acids is 1. The van der Waals surface area contributed by atoms with Crippen LogP contribution in [0.5, 0.6) is 11.6 Å². The number of pyridine rings is 1. The van der Waals surface area contributed by atoms with Gasteiger partial charge in [-0.25, -0.2) is 4.98 Å². The first-order valence-corrected chi connectivity index (χ1v) is 4.45. The van der Waals surface area contributed by atoms with Crippen molar-refractivity contribution >= 4 is 6.29 Å². The Hall–Kier alpha value is -2.00. The Labute approximate surface area is 101 Å². The molecule has 0 radical (unpaired) electrons. The van der Waals surface area contributed by atoms with Gasteiger partial charge in [0.05, 0.1) is 7.11 Å². The molecule has 0 atom stereocenters. The topological polar surface area (TPSA) is 48.4 Å². The number of nitrogens with zero attached hydrogens (tertiary/aromatic N) is 1. The number of aldehydes is 1. The molecule has 0 fully saturated rings. The third-order valence-electron chi connectivity index (χ3n) is 1.82. The molecular weight excluding hydrogens is 284 g/mol. The number of rotatable bonds is 3.